The first-order chi connectivity index (χ1) is 19.9. The number of ether oxygens (including phenoxy) is 1. The Balaban J connectivity index is 1.80. The van der Waals surface area contributed by atoms with E-state index < -0.39 is 69.9 Å². The summed E-state index contributed by atoms with van der Waals surface area (Å²) in [5.41, 5.74) is -3.92. The van der Waals surface area contributed by atoms with Crippen molar-refractivity contribution in [3.05, 3.63) is 116 Å². The van der Waals surface area contributed by atoms with Gasteiger partial charge in [0.1, 0.15) is 11.9 Å². The molecule has 0 spiro atoms. The van der Waals surface area contributed by atoms with Crippen LogP contribution in [0, 0.1) is 30.2 Å². The molecular weight excluding hydrogens is 587 g/mol. The van der Waals surface area contributed by atoms with Gasteiger partial charge < -0.3 is 4.74 Å². The molecule has 12 heteroatoms. The van der Waals surface area contributed by atoms with Crippen LogP contribution in [0.2, 0.25) is 0 Å². The van der Waals surface area contributed by atoms with Crippen LogP contribution in [0.5, 0.6) is 5.75 Å². The highest BCUT2D eigenvalue weighted by Crippen LogP contribution is 2.43. The Bertz CT molecular complexity index is 1800. The number of hydrogen-bond acceptors (Lipinski definition) is 4. The number of Topliss-reactive ketones (excluding diaryl/α,β-unsaturated/α-hetero) is 1. The van der Waals surface area contributed by atoms with Crippen LogP contribution in [0.1, 0.15) is 38.7 Å². The summed E-state index contributed by atoms with van der Waals surface area (Å²) in [6, 6.07) is 8.01. The molecule has 0 saturated carbocycles. The summed E-state index contributed by atoms with van der Waals surface area (Å²) in [5, 5.41) is 0.0380. The van der Waals surface area contributed by atoms with Gasteiger partial charge in [-0.05, 0) is 48.4 Å². The first-order valence-electron chi connectivity index (χ1n) is 12.4. The Morgan fingerprint density at radius 1 is 0.952 bits per heavy atom. The summed E-state index contributed by atoms with van der Waals surface area (Å²) in [6.45, 7) is 1.39. The van der Waals surface area contributed by atoms with Gasteiger partial charge in [-0.1, -0.05) is 24.3 Å². The highest BCUT2D eigenvalue weighted by atomic mass is 32.2. The zero-order chi connectivity index (χ0) is 30.5. The lowest BCUT2D eigenvalue weighted by Crippen LogP contribution is -2.32. The van der Waals surface area contributed by atoms with E-state index in [0.717, 1.165) is 52.7 Å². The standard InChI is InChI=1S/C30H20F7NO3S/c1-14-17(12-18-19(30(35,36)37)8-5-9-20(18)31)29-38(28(40)24(14)15-6-4-11-23(41-2)26(15)34)22(13-42-29)27(39)16-7-3-10-21(32)25(16)33/h3-11,22H,12-13H2,1-2H3. The number of ketones is 1. The molecule has 0 fully saturated rings. The van der Waals surface area contributed by atoms with Crippen molar-refractivity contribution in [2.24, 2.45) is 0 Å². The van der Waals surface area contributed by atoms with Crippen molar-refractivity contribution < 1.29 is 40.3 Å². The lowest BCUT2D eigenvalue weighted by Gasteiger charge is -2.22. The molecule has 4 aromatic rings. The molecule has 1 unspecified atom stereocenters. The lowest BCUT2D eigenvalue weighted by atomic mass is 9.92. The maximum Gasteiger partial charge on any atom is 0.416 e. The summed E-state index contributed by atoms with van der Waals surface area (Å²) in [7, 11) is 1.20. The van der Waals surface area contributed by atoms with Crippen molar-refractivity contribution in [1.82, 2.24) is 4.57 Å². The molecule has 0 N–H and O–H groups in total. The van der Waals surface area contributed by atoms with Crippen LogP contribution in [0.4, 0.5) is 30.7 Å². The number of methoxy groups -OCH3 is 1. The highest BCUT2D eigenvalue weighted by molar-refractivity contribution is 7.99. The Morgan fingerprint density at radius 2 is 1.62 bits per heavy atom. The SMILES string of the molecule is COc1cccc(-c2c(C)c(Cc3c(F)cccc3C(F)(F)F)c3n(c2=O)C(C(=O)c2cccc(F)c2F)CS3)c1F. The number of hydrogen-bond donors (Lipinski definition) is 0. The molecule has 4 nitrogen and oxygen atoms in total. The first kappa shape index (κ1) is 29.4. The van der Waals surface area contributed by atoms with Gasteiger partial charge in [-0.2, -0.15) is 13.2 Å². The zero-order valence-electron chi connectivity index (χ0n) is 21.9. The smallest absolute Gasteiger partial charge is 0.416 e. The van der Waals surface area contributed by atoms with Crippen molar-refractivity contribution in [2.75, 3.05) is 12.9 Å². The van der Waals surface area contributed by atoms with E-state index in [1.54, 1.807) is 0 Å². The van der Waals surface area contributed by atoms with Gasteiger partial charge in [0.25, 0.3) is 5.56 Å². The van der Waals surface area contributed by atoms with Crippen LogP contribution in [0.3, 0.4) is 0 Å². The Morgan fingerprint density at radius 3 is 2.31 bits per heavy atom. The summed E-state index contributed by atoms with van der Waals surface area (Å²) < 4.78 is 107. The molecule has 1 atom stereocenters. The predicted octanol–water partition coefficient (Wildman–Crippen LogP) is 7.53. The van der Waals surface area contributed by atoms with Gasteiger partial charge in [-0.3, -0.25) is 14.2 Å². The molecule has 0 amide bonds. The highest BCUT2D eigenvalue weighted by Gasteiger charge is 2.39. The molecule has 218 valence electrons. The number of nitrogens with zero attached hydrogens (tertiary/aromatic N) is 1. The van der Waals surface area contributed by atoms with Crippen LogP contribution >= 0.6 is 11.8 Å². The number of aromatic nitrogens is 1. The van der Waals surface area contributed by atoms with Gasteiger partial charge in [-0.25, -0.2) is 17.6 Å². The maximum atomic E-state index is 15.5. The second-order valence-electron chi connectivity index (χ2n) is 9.51. The predicted molar refractivity (Wildman–Crippen MR) is 142 cm³/mol. The molecule has 0 bridgehead atoms. The molecule has 3 aromatic carbocycles. The van der Waals surface area contributed by atoms with Gasteiger partial charge >= 0.3 is 6.18 Å². The average molecular weight is 608 g/mol. The van der Waals surface area contributed by atoms with Crippen LogP contribution in [0.25, 0.3) is 11.1 Å². The minimum absolute atomic E-state index is 0.0380. The number of halogens is 7. The largest absolute Gasteiger partial charge is 0.494 e. The minimum Gasteiger partial charge on any atom is -0.494 e. The van der Waals surface area contributed by atoms with Crippen LogP contribution in [-0.4, -0.2) is 23.2 Å². The first-order valence-corrected chi connectivity index (χ1v) is 13.4. The number of fused-ring (bicyclic) bond motifs is 1. The fraction of sp³-hybridized carbons (Fsp3) is 0.200. The van der Waals surface area contributed by atoms with Crippen LogP contribution in [-0.2, 0) is 12.6 Å². The molecule has 0 radical (unpaired) electrons. The summed E-state index contributed by atoms with van der Waals surface area (Å²) in [4.78, 5) is 27.5. The topological polar surface area (TPSA) is 48.3 Å². The Kier molecular flexibility index (Phi) is 7.69. The van der Waals surface area contributed by atoms with Crippen LogP contribution < -0.4 is 10.3 Å². The molecule has 0 aliphatic carbocycles. The van der Waals surface area contributed by atoms with Crippen molar-refractivity contribution in [3.63, 3.8) is 0 Å². The lowest BCUT2D eigenvalue weighted by molar-refractivity contribution is -0.138. The van der Waals surface area contributed by atoms with E-state index in [1.165, 1.54) is 32.2 Å². The van der Waals surface area contributed by atoms with E-state index in [-0.39, 0.29) is 38.8 Å². The van der Waals surface area contributed by atoms with Crippen molar-refractivity contribution in [3.8, 4) is 16.9 Å². The fourth-order valence-corrected chi connectivity index (χ4v) is 6.50. The van der Waals surface area contributed by atoms with Gasteiger partial charge in [0.05, 0.1) is 28.8 Å². The normalized spacial score (nSPS) is 14.6. The third kappa shape index (κ3) is 4.87. The molecule has 1 aliphatic rings. The number of thioether (sulfide) groups is 1. The van der Waals surface area contributed by atoms with E-state index >= 15 is 4.39 Å². The number of rotatable bonds is 6. The minimum atomic E-state index is -4.91. The molecule has 42 heavy (non-hydrogen) atoms. The van der Waals surface area contributed by atoms with E-state index in [4.69, 9.17) is 4.74 Å². The van der Waals surface area contributed by atoms with Gasteiger partial charge in [0.15, 0.2) is 29.0 Å². The number of benzene rings is 3. The molecule has 1 aliphatic heterocycles. The molecule has 2 heterocycles. The van der Waals surface area contributed by atoms with Crippen molar-refractivity contribution in [2.45, 2.75) is 30.6 Å². The summed E-state index contributed by atoms with van der Waals surface area (Å²) in [5.74, 6) is -6.17. The zero-order valence-corrected chi connectivity index (χ0v) is 22.7. The maximum absolute atomic E-state index is 15.5. The number of carbonyl (C=O) groups excluding carboxylic acids is 1. The van der Waals surface area contributed by atoms with E-state index in [9.17, 15) is 35.9 Å². The quantitative estimate of drug-likeness (QED) is 0.168. The van der Waals surface area contributed by atoms with Gasteiger partial charge in [0, 0.05) is 23.3 Å². The number of carbonyl (C=O) groups is 1. The van der Waals surface area contributed by atoms with Crippen LogP contribution in [0.15, 0.2) is 64.4 Å². The molecular formula is C30H20F7NO3S. The third-order valence-corrected chi connectivity index (χ3v) is 8.38. The van der Waals surface area contributed by atoms with Crippen molar-refractivity contribution >= 4 is 17.5 Å². The average Bonchev–Trinajstić information content (AvgIpc) is 3.38. The number of alkyl halides is 3. The third-order valence-electron chi connectivity index (χ3n) is 7.18. The monoisotopic (exact) mass is 607 g/mol. The van der Waals surface area contributed by atoms with E-state index in [0.29, 0.717) is 0 Å². The Hall–Kier alpha value is -4.06. The van der Waals surface area contributed by atoms with E-state index in [2.05, 4.69) is 0 Å². The second kappa shape index (κ2) is 11.0. The molecule has 0 saturated heterocycles. The summed E-state index contributed by atoms with van der Waals surface area (Å²) in [6.07, 6.45) is -5.58. The van der Waals surface area contributed by atoms with Gasteiger partial charge in [-0.15, -0.1) is 11.8 Å². The Labute approximate surface area is 238 Å². The summed E-state index contributed by atoms with van der Waals surface area (Å²) >= 11 is 0.922. The number of pyridine rings is 1. The molecule has 5 rings (SSSR count). The van der Waals surface area contributed by atoms with E-state index in [1.807, 2.05) is 0 Å². The fourth-order valence-electron chi connectivity index (χ4n) is 5.14. The molecule has 1 aromatic heterocycles. The van der Waals surface area contributed by atoms with Gasteiger partial charge in [0.2, 0.25) is 0 Å². The second-order valence-corrected chi connectivity index (χ2v) is 10.5. The van der Waals surface area contributed by atoms with Crippen molar-refractivity contribution in [1.29, 1.82) is 0 Å².